The van der Waals surface area contributed by atoms with Crippen molar-refractivity contribution in [3.63, 3.8) is 0 Å². The summed E-state index contributed by atoms with van der Waals surface area (Å²) in [4.78, 5) is 4.68. The molecule has 4 rings (SSSR count). The Morgan fingerprint density at radius 3 is 2.76 bits per heavy atom. The van der Waals surface area contributed by atoms with Crippen molar-refractivity contribution in [1.82, 2.24) is 14.6 Å². The van der Waals surface area contributed by atoms with E-state index in [-0.39, 0.29) is 0 Å². The van der Waals surface area contributed by atoms with Gasteiger partial charge in [-0.25, -0.2) is 9.50 Å². The predicted octanol–water partition coefficient (Wildman–Crippen LogP) is 4.20. The lowest BCUT2D eigenvalue weighted by Gasteiger charge is -2.05. The van der Waals surface area contributed by atoms with Gasteiger partial charge in [-0.3, -0.25) is 0 Å². The van der Waals surface area contributed by atoms with Gasteiger partial charge >= 0.3 is 0 Å². The van der Waals surface area contributed by atoms with Crippen LogP contribution in [0.5, 0.6) is 0 Å². The minimum atomic E-state index is 0.811. The molecule has 0 aliphatic carbocycles. The van der Waals surface area contributed by atoms with Crippen molar-refractivity contribution >= 4 is 28.5 Å². The summed E-state index contributed by atoms with van der Waals surface area (Å²) in [5.41, 5.74) is 4.08. The SMILES string of the molecule is c1ccc(Nc2ccn3ncc(-c4ccsc4)c3n2)cc1. The van der Waals surface area contributed by atoms with Gasteiger partial charge in [0.05, 0.1) is 6.20 Å². The van der Waals surface area contributed by atoms with Crippen molar-refractivity contribution < 1.29 is 0 Å². The number of aromatic nitrogens is 3. The topological polar surface area (TPSA) is 42.2 Å². The Labute approximate surface area is 125 Å². The van der Waals surface area contributed by atoms with E-state index >= 15 is 0 Å². The number of rotatable bonds is 3. The zero-order valence-corrected chi connectivity index (χ0v) is 11.9. The number of hydrogen-bond donors (Lipinski definition) is 1. The lowest BCUT2D eigenvalue weighted by Crippen LogP contribution is -1.97. The zero-order valence-electron chi connectivity index (χ0n) is 11.1. The predicted molar refractivity (Wildman–Crippen MR) is 86.0 cm³/mol. The first-order valence-corrected chi connectivity index (χ1v) is 7.53. The van der Waals surface area contributed by atoms with Crippen molar-refractivity contribution in [2.45, 2.75) is 0 Å². The quantitative estimate of drug-likeness (QED) is 0.615. The maximum absolute atomic E-state index is 4.68. The summed E-state index contributed by atoms with van der Waals surface area (Å²) in [6.07, 6.45) is 3.78. The fraction of sp³-hybridized carbons (Fsp3) is 0. The smallest absolute Gasteiger partial charge is 0.165 e. The normalized spacial score (nSPS) is 10.9. The molecule has 0 spiro atoms. The first-order valence-electron chi connectivity index (χ1n) is 6.59. The second-order valence-corrected chi connectivity index (χ2v) is 5.42. The van der Waals surface area contributed by atoms with Gasteiger partial charge < -0.3 is 5.32 Å². The van der Waals surface area contributed by atoms with Gasteiger partial charge in [-0.1, -0.05) is 18.2 Å². The molecular formula is C16H12N4S. The van der Waals surface area contributed by atoms with E-state index in [1.807, 2.05) is 48.8 Å². The van der Waals surface area contributed by atoms with Gasteiger partial charge in [-0.05, 0) is 40.6 Å². The third-order valence-electron chi connectivity index (χ3n) is 3.25. The number of para-hydroxylation sites is 1. The summed E-state index contributed by atoms with van der Waals surface area (Å²) >= 11 is 1.67. The van der Waals surface area contributed by atoms with Crippen LogP contribution in [0, 0.1) is 0 Å². The molecule has 4 nitrogen and oxygen atoms in total. The van der Waals surface area contributed by atoms with Crippen molar-refractivity contribution in [3.8, 4) is 11.1 Å². The minimum Gasteiger partial charge on any atom is -0.340 e. The van der Waals surface area contributed by atoms with E-state index in [1.165, 1.54) is 0 Å². The first-order chi connectivity index (χ1) is 10.4. The summed E-state index contributed by atoms with van der Waals surface area (Å²) in [6.45, 7) is 0. The molecule has 0 aliphatic heterocycles. The maximum atomic E-state index is 4.68. The molecule has 0 radical (unpaired) electrons. The lowest BCUT2D eigenvalue weighted by molar-refractivity contribution is 0.941. The fourth-order valence-corrected chi connectivity index (χ4v) is 2.89. The summed E-state index contributed by atoms with van der Waals surface area (Å²) < 4.78 is 1.79. The molecule has 3 aromatic heterocycles. The number of nitrogens with one attached hydrogen (secondary N) is 1. The van der Waals surface area contributed by atoms with Gasteiger partial charge in [0.1, 0.15) is 5.82 Å². The van der Waals surface area contributed by atoms with Crippen molar-refractivity contribution in [2.75, 3.05) is 5.32 Å². The highest BCUT2D eigenvalue weighted by atomic mass is 32.1. The third kappa shape index (κ3) is 2.28. The summed E-state index contributed by atoms with van der Waals surface area (Å²) in [5, 5.41) is 11.8. The summed E-state index contributed by atoms with van der Waals surface area (Å²) in [5.74, 6) is 0.811. The van der Waals surface area contributed by atoms with Crippen LogP contribution in [0.15, 0.2) is 65.6 Å². The van der Waals surface area contributed by atoms with Gasteiger partial charge in [-0.2, -0.15) is 16.4 Å². The van der Waals surface area contributed by atoms with Crippen molar-refractivity contribution in [3.05, 3.63) is 65.6 Å². The average molecular weight is 292 g/mol. The maximum Gasteiger partial charge on any atom is 0.165 e. The van der Waals surface area contributed by atoms with E-state index in [0.29, 0.717) is 0 Å². The van der Waals surface area contributed by atoms with Gasteiger partial charge in [0.25, 0.3) is 0 Å². The molecule has 0 saturated heterocycles. The fourth-order valence-electron chi connectivity index (χ4n) is 2.23. The zero-order chi connectivity index (χ0) is 14.1. The molecule has 0 fully saturated rings. The molecule has 102 valence electrons. The van der Waals surface area contributed by atoms with Crippen LogP contribution in [0.4, 0.5) is 11.5 Å². The van der Waals surface area contributed by atoms with E-state index in [2.05, 4.69) is 32.2 Å². The highest BCUT2D eigenvalue weighted by Gasteiger charge is 2.09. The van der Waals surface area contributed by atoms with Gasteiger partial charge in [0, 0.05) is 17.4 Å². The van der Waals surface area contributed by atoms with Crippen molar-refractivity contribution in [2.24, 2.45) is 0 Å². The summed E-state index contributed by atoms with van der Waals surface area (Å²) in [6, 6.07) is 14.0. The van der Waals surface area contributed by atoms with Crippen LogP contribution in [0.2, 0.25) is 0 Å². The molecule has 1 N–H and O–H groups in total. The Hall–Kier alpha value is -2.66. The monoisotopic (exact) mass is 292 g/mol. The molecule has 0 amide bonds. The second kappa shape index (κ2) is 5.03. The van der Waals surface area contributed by atoms with Crippen molar-refractivity contribution in [1.29, 1.82) is 0 Å². The van der Waals surface area contributed by atoms with Gasteiger partial charge in [0.2, 0.25) is 0 Å². The van der Waals surface area contributed by atoms with E-state index in [0.717, 1.165) is 28.3 Å². The van der Waals surface area contributed by atoms with Crippen LogP contribution in [-0.4, -0.2) is 14.6 Å². The Kier molecular flexibility index (Phi) is 2.90. The number of anilines is 2. The number of benzene rings is 1. The largest absolute Gasteiger partial charge is 0.340 e. The average Bonchev–Trinajstić information content (AvgIpc) is 3.16. The Morgan fingerprint density at radius 1 is 1.05 bits per heavy atom. The lowest BCUT2D eigenvalue weighted by atomic mass is 10.2. The molecule has 0 aliphatic rings. The molecule has 0 unspecified atom stereocenters. The Bertz CT molecular complexity index is 866. The standard InChI is InChI=1S/C16H12N4S/c1-2-4-13(5-3-1)18-15-6-8-20-16(19-15)14(10-17-20)12-7-9-21-11-12/h1-11H,(H,18,19). The van der Waals surface area contributed by atoms with E-state index in [9.17, 15) is 0 Å². The van der Waals surface area contributed by atoms with Crippen LogP contribution in [0.1, 0.15) is 0 Å². The molecule has 1 aromatic carbocycles. The minimum absolute atomic E-state index is 0.811. The highest BCUT2D eigenvalue weighted by Crippen LogP contribution is 2.26. The number of nitrogens with zero attached hydrogens (tertiary/aromatic N) is 3. The first kappa shape index (κ1) is 12.1. The Balaban J connectivity index is 1.77. The van der Waals surface area contributed by atoms with E-state index < -0.39 is 0 Å². The van der Waals surface area contributed by atoms with E-state index in [1.54, 1.807) is 15.9 Å². The molecule has 5 heteroatoms. The number of thiophene rings is 1. The van der Waals surface area contributed by atoms with E-state index in [4.69, 9.17) is 0 Å². The molecular weight excluding hydrogens is 280 g/mol. The third-order valence-corrected chi connectivity index (χ3v) is 3.93. The molecule has 3 heterocycles. The van der Waals surface area contributed by atoms with Crippen LogP contribution in [-0.2, 0) is 0 Å². The van der Waals surface area contributed by atoms with Crippen LogP contribution < -0.4 is 5.32 Å². The molecule has 0 saturated carbocycles. The molecule has 21 heavy (non-hydrogen) atoms. The highest BCUT2D eigenvalue weighted by molar-refractivity contribution is 7.08. The van der Waals surface area contributed by atoms with Gasteiger partial charge in [-0.15, -0.1) is 0 Å². The number of fused-ring (bicyclic) bond motifs is 1. The Morgan fingerprint density at radius 2 is 1.95 bits per heavy atom. The van der Waals surface area contributed by atoms with Gasteiger partial charge in [0.15, 0.2) is 5.65 Å². The van der Waals surface area contributed by atoms with Crippen LogP contribution in [0.25, 0.3) is 16.8 Å². The molecule has 0 atom stereocenters. The second-order valence-electron chi connectivity index (χ2n) is 4.64. The van der Waals surface area contributed by atoms with Crippen LogP contribution >= 0.6 is 11.3 Å². The van der Waals surface area contributed by atoms with Crippen LogP contribution in [0.3, 0.4) is 0 Å². The summed E-state index contributed by atoms with van der Waals surface area (Å²) in [7, 11) is 0. The number of hydrogen-bond acceptors (Lipinski definition) is 4. The molecule has 0 bridgehead atoms. The molecule has 4 aromatic rings.